The summed E-state index contributed by atoms with van der Waals surface area (Å²) >= 11 is 0. The highest BCUT2D eigenvalue weighted by atomic mass is 19.1. The Morgan fingerprint density at radius 1 is 1.35 bits per heavy atom. The van der Waals surface area contributed by atoms with Crippen LogP contribution in [0.1, 0.15) is 37.8 Å². The van der Waals surface area contributed by atoms with Crippen LogP contribution in [-0.2, 0) is 0 Å². The number of likely N-dealkylation sites (tertiary alicyclic amines) is 1. The van der Waals surface area contributed by atoms with Crippen molar-refractivity contribution in [2.24, 2.45) is 17.6 Å². The molecule has 0 spiro atoms. The topological polar surface area (TPSA) is 49.5 Å². The van der Waals surface area contributed by atoms with E-state index in [0.717, 1.165) is 19.5 Å². The fraction of sp³-hybridized carbons (Fsp3) is 0.625. The lowest BCUT2D eigenvalue weighted by Gasteiger charge is -2.30. The molecule has 0 bridgehead atoms. The van der Waals surface area contributed by atoms with Gasteiger partial charge in [0, 0.05) is 36.8 Å². The van der Waals surface area contributed by atoms with Crippen molar-refractivity contribution in [2.75, 3.05) is 13.1 Å². The van der Waals surface area contributed by atoms with E-state index in [9.17, 15) is 9.50 Å². The van der Waals surface area contributed by atoms with Crippen molar-refractivity contribution >= 4 is 0 Å². The van der Waals surface area contributed by atoms with E-state index in [2.05, 4.69) is 4.90 Å². The number of hydrogen-bond acceptors (Lipinski definition) is 3. The maximum Gasteiger partial charge on any atom is 0.131 e. The molecule has 3 rings (SSSR count). The maximum absolute atomic E-state index is 14.0. The molecule has 1 aliphatic carbocycles. The molecule has 0 amide bonds. The minimum absolute atomic E-state index is 0.0180. The van der Waals surface area contributed by atoms with Gasteiger partial charge in [0.25, 0.3) is 0 Å². The Labute approximate surface area is 119 Å². The summed E-state index contributed by atoms with van der Waals surface area (Å²) in [7, 11) is 0. The molecule has 3 N–H and O–H groups in total. The van der Waals surface area contributed by atoms with Gasteiger partial charge in [0.2, 0.25) is 0 Å². The summed E-state index contributed by atoms with van der Waals surface area (Å²) < 4.78 is 14.0. The van der Waals surface area contributed by atoms with Gasteiger partial charge in [-0.15, -0.1) is 0 Å². The van der Waals surface area contributed by atoms with Crippen molar-refractivity contribution in [1.29, 1.82) is 0 Å². The van der Waals surface area contributed by atoms with Crippen LogP contribution in [-0.4, -0.2) is 29.1 Å². The minimum atomic E-state index is -0.323. The van der Waals surface area contributed by atoms with E-state index >= 15 is 0 Å². The molecule has 1 heterocycles. The van der Waals surface area contributed by atoms with Crippen molar-refractivity contribution < 1.29 is 9.50 Å². The molecule has 4 heteroatoms. The SMILES string of the molecule is CC(c1ccc(O)cc1F)N1CC2CCCC(N)C2C1. The van der Waals surface area contributed by atoms with Gasteiger partial charge in [-0.05, 0) is 37.7 Å². The largest absolute Gasteiger partial charge is 0.508 e. The number of halogens is 1. The Hall–Kier alpha value is -1.13. The number of fused-ring (bicyclic) bond motifs is 1. The molecule has 4 unspecified atom stereocenters. The average molecular weight is 278 g/mol. The monoisotopic (exact) mass is 278 g/mol. The highest BCUT2D eigenvalue weighted by Crippen LogP contribution is 2.39. The first-order valence-electron chi connectivity index (χ1n) is 7.54. The normalized spacial score (nSPS) is 32.0. The standard InChI is InChI=1S/C16H23FN2O/c1-10(13-6-5-12(20)7-15(13)17)19-8-11-3-2-4-16(18)14(11)9-19/h5-7,10-11,14,16,20H,2-4,8-9,18H2,1H3. The number of nitrogens with zero attached hydrogens (tertiary/aromatic N) is 1. The predicted molar refractivity (Wildman–Crippen MR) is 76.9 cm³/mol. The van der Waals surface area contributed by atoms with Gasteiger partial charge in [-0.25, -0.2) is 4.39 Å². The molecule has 1 aromatic carbocycles. The number of benzene rings is 1. The Kier molecular flexibility index (Phi) is 3.69. The van der Waals surface area contributed by atoms with E-state index in [1.54, 1.807) is 12.1 Å². The molecule has 4 atom stereocenters. The fourth-order valence-electron chi connectivity index (χ4n) is 3.92. The van der Waals surface area contributed by atoms with E-state index in [0.29, 0.717) is 23.4 Å². The van der Waals surface area contributed by atoms with Crippen LogP contribution in [0.25, 0.3) is 0 Å². The van der Waals surface area contributed by atoms with Gasteiger partial charge >= 0.3 is 0 Å². The Morgan fingerprint density at radius 3 is 2.85 bits per heavy atom. The third-order valence-electron chi connectivity index (χ3n) is 5.16. The number of aromatic hydroxyl groups is 1. The maximum atomic E-state index is 14.0. The predicted octanol–water partition coefficient (Wildman–Crippen LogP) is 2.65. The summed E-state index contributed by atoms with van der Waals surface area (Å²) in [4.78, 5) is 2.34. The van der Waals surface area contributed by atoms with Crippen LogP contribution in [0.4, 0.5) is 4.39 Å². The molecule has 1 saturated carbocycles. The van der Waals surface area contributed by atoms with Crippen molar-refractivity contribution in [3.8, 4) is 5.75 Å². The molecule has 2 fully saturated rings. The van der Waals surface area contributed by atoms with Crippen LogP contribution in [0, 0.1) is 17.7 Å². The lowest BCUT2D eigenvalue weighted by atomic mass is 9.78. The van der Waals surface area contributed by atoms with Gasteiger partial charge in [0.15, 0.2) is 0 Å². The average Bonchev–Trinajstić information content (AvgIpc) is 2.83. The first-order chi connectivity index (χ1) is 9.56. The van der Waals surface area contributed by atoms with Crippen LogP contribution in [0.2, 0.25) is 0 Å². The molecule has 1 saturated heterocycles. The van der Waals surface area contributed by atoms with E-state index in [1.165, 1.54) is 18.9 Å². The van der Waals surface area contributed by atoms with Crippen LogP contribution in [0.15, 0.2) is 18.2 Å². The number of phenolic OH excluding ortho intramolecular Hbond substituents is 1. The van der Waals surface area contributed by atoms with Crippen molar-refractivity contribution in [3.05, 3.63) is 29.6 Å². The van der Waals surface area contributed by atoms with E-state index < -0.39 is 0 Å². The second-order valence-electron chi connectivity index (χ2n) is 6.35. The smallest absolute Gasteiger partial charge is 0.131 e. The molecule has 110 valence electrons. The van der Waals surface area contributed by atoms with E-state index in [4.69, 9.17) is 5.73 Å². The summed E-state index contributed by atoms with van der Waals surface area (Å²) in [5, 5.41) is 9.32. The van der Waals surface area contributed by atoms with Gasteiger partial charge in [-0.3, -0.25) is 4.90 Å². The zero-order valence-corrected chi connectivity index (χ0v) is 11.9. The first kappa shape index (κ1) is 13.8. The zero-order valence-electron chi connectivity index (χ0n) is 11.9. The second kappa shape index (κ2) is 5.34. The molecular formula is C16H23FN2O. The molecule has 20 heavy (non-hydrogen) atoms. The third kappa shape index (κ3) is 2.42. The van der Waals surface area contributed by atoms with Crippen LogP contribution >= 0.6 is 0 Å². The van der Waals surface area contributed by atoms with Gasteiger partial charge in [-0.2, -0.15) is 0 Å². The quantitative estimate of drug-likeness (QED) is 0.874. The molecule has 3 nitrogen and oxygen atoms in total. The summed E-state index contributed by atoms with van der Waals surface area (Å²) in [6.45, 7) is 4.02. The second-order valence-corrected chi connectivity index (χ2v) is 6.35. The van der Waals surface area contributed by atoms with E-state index in [-0.39, 0.29) is 17.6 Å². The minimum Gasteiger partial charge on any atom is -0.508 e. The summed E-state index contributed by atoms with van der Waals surface area (Å²) in [6, 6.07) is 4.78. The molecule has 1 aromatic rings. The summed E-state index contributed by atoms with van der Waals surface area (Å²) in [5.41, 5.74) is 6.90. The zero-order chi connectivity index (χ0) is 14.3. The number of rotatable bonds is 2. The third-order valence-corrected chi connectivity index (χ3v) is 5.16. The summed E-state index contributed by atoms with van der Waals surface area (Å²) in [5.74, 6) is 0.889. The number of phenols is 1. The van der Waals surface area contributed by atoms with Crippen molar-refractivity contribution in [2.45, 2.75) is 38.3 Å². The molecule has 0 radical (unpaired) electrons. The summed E-state index contributed by atoms with van der Waals surface area (Å²) in [6.07, 6.45) is 3.59. The highest BCUT2D eigenvalue weighted by Gasteiger charge is 2.40. The Bertz CT molecular complexity index is 493. The molecule has 0 aromatic heterocycles. The van der Waals surface area contributed by atoms with Gasteiger partial charge in [-0.1, -0.05) is 12.5 Å². The van der Waals surface area contributed by atoms with Gasteiger partial charge < -0.3 is 10.8 Å². The highest BCUT2D eigenvalue weighted by molar-refractivity contribution is 5.29. The molecule has 1 aliphatic heterocycles. The van der Waals surface area contributed by atoms with Crippen molar-refractivity contribution in [1.82, 2.24) is 4.90 Å². The molecular weight excluding hydrogens is 255 g/mol. The number of hydrogen-bond donors (Lipinski definition) is 2. The van der Waals surface area contributed by atoms with Crippen LogP contribution in [0.5, 0.6) is 5.75 Å². The van der Waals surface area contributed by atoms with Crippen LogP contribution < -0.4 is 5.73 Å². The first-order valence-corrected chi connectivity index (χ1v) is 7.54. The Balaban J connectivity index is 1.76. The Morgan fingerprint density at radius 2 is 2.15 bits per heavy atom. The molecule has 2 aliphatic rings. The van der Waals surface area contributed by atoms with Gasteiger partial charge in [0.1, 0.15) is 11.6 Å². The van der Waals surface area contributed by atoms with Crippen LogP contribution in [0.3, 0.4) is 0 Å². The van der Waals surface area contributed by atoms with Gasteiger partial charge in [0.05, 0.1) is 0 Å². The van der Waals surface area contributed by atoms with Crippen molar-refractivity contribution in [3.63, 3.8) is 0 Å². The fourth-order valence-corrected chi connectivity index (χ4v) is 3.92. The number of nitrogens with two attached hydrogens (primary N) is 1. The van der Waals surface area contributed by atoms with E-state index in [1.807, 2.05) is 6.92 Å². The lowest BCUT2D eigenvalue weighted by Crippen LogP contribution is -2.38. The lowest BCUT2D eigenvalue weighted by molar-refractivity contribution is 0.240.